The molecule has 5 heteroatoms. The molecule has 0 saturated carbocycles. The predicted octanol–water partition coefficient (Wildman–Crippen LogP) is 3.42. The van der Waals surface area contributed by atoms with E-state index < -0.39 is 0 Å². The van der Waals surface area contributed by atoms with E-state index in [2.05, 4.69) is 23.7 Å². The minimum absolute atomic E-state index is 0.120. The van der Waals surface area contributed by atoms with Gasteiger partial charge in [0.1, 0.15) is 4.70 Å². The molecule has 0 radical (unpaired) electrons. The summed E-state index contributed by atoms with van der Waals surface area (Å²) in [4.78, 5) is 19.6. The third-order valence-corrected chi connectivity index (χ3v) is 5.84. The number of fused-ring (bicyclic) bond motifs is 1. The third kappa shape index (κ3) is 2.97. The zero-order valence-corrected chi connectivity index (χ0v) is 14.5. The second-order valence-electron chi connectivity index (χ2n) is 6.61. The standard InChI is InChI=1S/C17H25N3OS/c1-12(2)20-8-5-4-6-14(20)7-9-19-11-18-15-13(3)10-22-16(15)17(19)21/h10-12,14H,4-9H2,1-3H3. The monoisotopic (exact) mass is 319 g/mol. The Balaban J connectivity index is 1.76. The van der Waals surface area contributed by atoms with Gasteiger partial charge in [-0.2, -0.15) is 0 Å². The fraction of sp³-hybridized carbons (Fsp3) is 0.647. The van der Waals surface area contributed by atoms with E-state index >= 15 is 0 Å². The molecule has 1 aliphatic rings. The smallest absolute Gasteiger partial charge is 0.271 e. The van der Waals surface area contributed by atoms with Crippen LogP contribution < -0.4 is 5.56 Å². The molecular weight excluding hydrogens is 294 g/mol. The van der Waals surface area contributed by atoms with Crippen LogP contribution in [0, 0.1) is 6.92 Å². The van der Waals surface area contributed by atoms with Gasteiger partial charge in [0.05, 0.1) is 11.8 Å². The number of nitrogens with zero attached hydrogens (tertiary/aromatic N) is 3. The number of hydrogen-bond acceptors (Lipinski definition) is 4. The van der Waals surface area contributed by atoms with Gasteiger partial charge in [-0.1, -0.05) is 6.42 Å². The van der Waals surface area contributed by atoms with Crippen molar-refractivity contribution in [3.05, 3.63) is 27.6 Å². The van der Waals surface area contributed by atoms with Crippen LogP contribution in [0.25, 0.3) is 10.2 Å². The van der Waals surface area contributed by atoms with Crippen LogP contribution in [-0.2, 0) is 6.54 Å². The summed E-state index contributed by atoms with van der Waals surface area (Å²) in [6.45, 7) is 8.52. The third-order valence-electron chi connectivity index (χ3n) is 4.76. The number of likely N-dealkylation sites (tertiary alicyclic amines) is 1. The van der Waals surface area contributed by atoms with Gasteiger partial charge in [-0.05, 0) is 57.5 Å². The summed E-state index contributed by atoms with van der Waals surface area (Å²) >= 11 is 1.52. The van der Waals surface area contributed by atoms with Gasteiger partial charge >= 0.3 is 0 Å². The lowest BCUT2D eigenvalue weighted by atomic mass is 9.98. The predicted molar refractivity (Wildman–Crippen MR) is 92.7 cm³/mol. The Labute approximate surface area is 135 Å². The molecule has 3 heterocycles. The molecule has 0 aliphatic carbocycles. The fourth-order valence-electron chi connectivity index (χ4n) is 3.52. The lowest BCUT2D eigenvalue weighted by molar-refractivity contribution is 0.102. The molecule has 22 heavy (non-hydrogen) atoms. The molecule has 0 bridgehead atoms. The number of hydrogen-bond donors (Lipinski definition) is 0. The van der Waals surface area contributed by atoms with Crippen molar-refractivity contribution < 1.29 is 0 Å². The topological polar surface area (TPSA) is 38.1 Å². The van der Waals surface area contributed by atoms with Gasteiger partial charge in [0.2, 0.25) is 0 Å². The highest BCUT2D eigenvalue weighted by atomic mass is 32.1. The quantitative estimate of drug-likeness (QED) is 0.866. The summed E-state index contributed by atoms with van der Waals surface area (Å²) in [5.41, 5.74) is 2.09. The lowest BCUT2D eigenvalue weighted by Crippen LogP contribution is -2.44. The van der Waals surface area contributed by atoms with E-state index in [0.29, 0.717) is 12.1 Å². The van der Waals surface area contributed by atoms with Gasteiger partial charge < -0.3 is 0 Å². The summed E-state index contributed by atoms with van der Waals surface area (Å²) in [7, 11) is 0. The minimum Gasteiger partial charge on any atom is -0.298 e. The Kier molecular flexibility index (Phi) is 4.64. The van der Waals surface area contributed by atoms with Crippen molar-refractivity contribution in [3.63, 3.8) is 0 Å². The van der Waals surface area contributed by atoms with Gasteiger partial charge in [-0.3, -0.25) is 14.3 Å². The van der Waals surface area contributed by atoms with Gasteiger partial charge in [0, 0.05) is 18.6 Å². The second-order valence-corrected chi connectivity index (χ2v) is 7.49. The van der Waals surface area contributed by atoms with Gasteiger partial charge in [-0.15, -0.1) is 11.3 Å². The first-order valence-corrected chi connectivity index (χ1v) is 9.15. The normalized spacial score (nSPS) is 20.1. The van der Waals surface area contributed by atoms with Crippen molar-refractivity contribution >= 4 is 21.6 Å². The molecule has 1 atom stereocenters. The summed E-state index contributed by atoms with van der Waals surface area (Å²) < 4.78 is 2.59. The summed E-state index contributed by atoms with van der Waals surface area (Å²) in [5, 5.41) is 2.02. The van der Waals surface area contributed by atoms with Crippen LogP contribution in [0.3, 0.4) is 0 Å². The Bertz CT molecular complexity index is 703. The first kappa shape index (κ1) is 15.7. The zero-order chi connectivity index (χ0) is 15.7. The Morgan fingerprint density at radius 1 is 1.41 bits per heavy atom. The van der Waals surface area contributed by atoms with Gasteiger partial charge in [-0.25, -0.2) is 4.98 Å². The lowest BCUT2D eigenvalue weighted by Gasteiger charge is -2.38. The highest BCUT2D eigenvalue weighted by molar-refractivity contribution is 7.17. The number of thiophene rings is 1. The molecule has 120 valence electrons. The van der Waals surface area contributed by atoms with Crippen LogP contribution in [0.2, 0.25) is 0 Å². The van der Waals surface area contributed by atoms with E-state index in [1.54, 1.807) is 10.9 Å². The molecule has 1 fully saturated rings. The van der Waals surface area contributed by atoms with Gasteiger partial charge in [0.25, 0.3) is 5.56 Å². The van der Waals surface area contributed by atoms with Crippen molar-refractivity contribution in [2.24, 2.45) is 0 Å². The van der Waals surface area contributed by atoms with E-state index in [0.717, 1.165) is 28.7 Å². The van der Waals surface area contributed by atoms with Crippen LogP contribution in [0.15, 0.2) is 16.5 Å². The Morgan fingerprint density at radius 2 is 2.23 bits per heavy atom. The largest absolute Gasteiger partial charge is 0.298 e. The average molecular weight is 319 g/mol. The number of piperidine rings is 1. The van der Waals surface area contributed by atoms with E-state index in [9.17, 15) is 4.79 Å². The van der Waals surface area contributed by atoms with Crippen LogP contribution in [0.5, 0.6) is 0 Å². The molecule has 0 N–H and O–H groups in total. The Hall–Kier alpha value is -1.20. The van der Waals surface area contributed by atoms with E-state index in [4.69, 9.17) is 0 Å². The van der Waals surface area contributed by atoms with E-state index in [-0.39, 0.29) is 5.56 Å². The number of aryl methyl sites for hydroxylation is 2. The van der Waals surface area contributed by atoms with Crippen molar-refractivity contribution in [2.75, 3.05) is 6.54 Å². The summed E-state index contributed by atoms with van der Waals surface area (Å²) in [6, 6.07) is 1.18. The maximum atomic E-state index is 12.5. The molecule has 0 amide bonds. The minimum atomic E-state index is 0.120. The molecule has 0 aromatic carbocycles. The molecule has 0 spiro atoms. The molecule has 2 aromatic rings. The molecule has 1 unspecified atom stereocenters. The van der Waals surface area contributed by atoms with Crippen molar-refractivity contribution in [2.45, 2.75) is 65.1 Å². The molecule has 1 aliphatic heterocycles. The SMILES string of the molecule is Cc1csc2c(=O)n(CCC3CCCCN3C(C)C)cnc12. The first-order valence-electron chi connectivity index (χ1n) is 8.27. The second kappa shape index (κ2) is 6.50. The number of aromatic nitrogens is 2. The average Bonchev–Trinajstić information content (AvgIpc) is 2.89. The van der Waals surface area contributed by atoms with Crippen LogP contribution in [-0.4, -0.2) is 33.1 Å². The maximum absolute atomic E-state index is 12.5. The zero-order valence-electron chi connectivity index (χ0n) is 13.7. The van der Waals surface area contributed by atoms with Crippen molar-refractivity contribution in [1.29, 1.82) is 0 Å². The highest BCUT2D eigenvalue weighted by Crippen LogP contribution is 2.23. The van der Waals surface area contributed by atoms with Crippen LogP contribution >= 0.6 is 11.3 Å². The molecule has 4 nitrogen and oxygen atoms in total. The van der Waals surface area contributed by atoms with Crippen molar-refractivity contribution in [1.82, 2.24) is 14.5 Å². The fourth-order valence-corrected chi connectivity index (χ4v) is 4.47. The van der Waals surface area contributed by atoms with E-state index in [1.807, 2.05) is 12.3 Å². The highest BCUT2D eigenvalue weighted by Gasteiger charge is 2.24. The number of rotatable bonds is 4. The molecule has 2 aromatic heterocycles. The molecule has 1 saturated heterocycles. The molecular formula is C17H25N3OS. The summed E-state index contributed by atoms with van der Waals surface area (Å²) in [6.07, 6.45) is 6.63. The van der Waals surface area contributed by atoms with Gasteiger partial charge in [0.15, 0.2) is 0 Å². The molecule has 3 rings (SSSR count). The maximum Gasteiger partial charge on any atom is 0.271 e. The Morgan fingerprint density at radius 3 is 3.00 bits per heavy atom. The van der Waals surface area contributed by atoms with Crippen LogP contribution in [0.1, 0.15) is 45.1 Å². The summed E-state index contributed by atoms with van der Waals surface area (Å²) in [5.74, 6) is 0. The first-order chi connectivity index (χ1) is 10.6. The van der Waals surface area contributed by atoms with Crippen LogP contribution in [0.4, 0.5) is 0 Å². The van der Waals surface area contributed by atoms with E-state index in [1.165, 1.54) is 37.1 Å². The van der Waals surface area contributed by atoms with Crippen molar-refractivity contribution in [3.8, 4) is 0 Å².